The summed E-state index contributed by atoms with van der Waals surface area (Å²) in [4.78, 5) is 0. The predicted octanol–water partition coefficient (Wildman–Crippen LogP) is 1.29. The Morgan fingerprint density at radius 1 is 1.21 bits per heavy atom. The molecule has 0 bridgehead atoms. The van der Waals surface area contributed by atoms with E-state index < -0.39 is 0 Å². The second-order valence-corrected chi connectivity index (χ2v) is 4.12. The van der Waals surface area contributed by atoms with Crippen LogP contribution < -0.4 is 5.73 Å². The van der Waals surface area contributed by atoms with Crippen LogP contribution in [0, 0.1) is 5.92 Å². The number of nitrogens with two attached hydrogens (primary N) is 1. The summed E-state index contributed by atoms with van der Waals surface area (Å²) in [6, 6.07) is 0. The average Bonchev–Trinajstić information content (AvgIpc) is 2.43. The maximum absolute atomic E-state index is 8.67. The predicted molar refractivity (Wildman–Crippen MR) is 57.1 cm³/mol. The molecule has 1 fully saturated rings. The lowest BCUT2D eigenvalue weighted by Crippen LogP contribution is -2.29. The van der Waals surface area contributed by atoms with Crippen molar-refractivity contribution in [2.45, 2.75) is 44.6 Å². The molecule has 2 atom stereocenters. The average molecular weight is 201 g/mol. The molecule has 0 aromatic rings. The molecule has 3 nitrogen and oxygen atoms in total. The maximum atomic E-state index is 8.67. The van der Waals surface area contributed by atoms with Crippen LogP contribution in [0.1, 0.15) is 38.5 Å². The fourth-order valence-electron chi connectivity index (χ4n) is 2.14. The van der Waals surface area contributed by atoms with Crippen molar-refractivity contribution in [3.8, 4) is 0 Å². The third-order valence-corrected chi connectivity index (χ3v) is 3.03. The van der Waals surface area contributed by atoms with Crippen molar-refractivity contribution in [1.29, 1.82) is 0 Å². The molecule has 1 aliphatic rings. The Morgan fingerprint density at radius 3 is 2.71 bits per heavy atom. The zero-order valence-electron chi connectivity index (χ0n) is 8.95. The Kier molecular flexibility index (Phi) is 6.15. The van der Waals surface area contributed by atoms with Gasteiger partial charge in [-0.2, -0.15) is 0 Å². The number of hydrogen-bond acceptors (Lipinski definition) is 3. The molecule has 2 unspecified atom stereocenters. The first kappa shape index (κ1) is 12.0. The summed E-state index contributed by atoms with van der Waals surface area (Å²) in [6.07, 6.45) is 7.31. The van der Waals surface area contributed by atoms with Gasteiger partial charge in [-0.1, -0.05) is 19.3 Å². The number of rotatable bonds is 5. The van der Waals surface area contributed by atoms with Crippen molar-refractivity contribution in [2.75, 3.05) is 19.8 Å². The van der Waals surface area contributed by atoms with Crippen molar-refractivity contribution < 1.29 is 9.84 Å². The molecule has 0 amide bonds. The van der Waals surface area contributed by atoms with Gasteiger partial charge in [-0.05, 0) is 31.7 Å². The molecule has 1 saturated carbocycles. The van der Waals surface area contributed by atoms with Gasteiger partial charge in [0, 0.05) is 13.2 Å². The summed E-state index contributed by atoms with van der Waals surface area (Å²) in [5, 5.41) is 8.67. The second-order valence-electron chi connectivity index (χ2n) is 4.12. The van der Waals surface area contributed by atoms with Crippen LogP contribution in [0.2, 0.25) is 0 Å². The van der Waals surface area contributed by atoms with E-state index in [0.29, 0.717) is 18.6 Å². The molecule has 0 aliphatic heterocycles. The highest BCUT2D eigenvalue weighted by molar-refractivity contribution is 4.75. The van der Waals surface area contributed by atoms with Crippen molar-refractivity contribution in [3.63, 3.8) is 0 Å². The Labute approximate surface area is 86.6 Å². The molecular formula is C11H23NO2. The monoisotopic (exact) mass is 201 g/mol. The molecule has 3 heteroatoms. The van der Waals surface area contributed by atoms with Crippen LogP contribution in [0.3, 0.4) is 0 Å². The summed E-state index contributed by atoms with van der Waals surface area (Å²) in [5.74, 6) is 0.538. The smallest absolute Gasteiger partial charge is 0.0615 e. The van der Waals surface area contributed by atoms with Crippen LogP contribution in [0.25, 0.3) is 0 Å². The zero-order valence-corrected chi connectivity index (χ0v) is 8.95. The molecule has 0 heterocycles. The van der Waals surface area contributed by atoms with Crippen LogP contribution in [-0.4, -0.2) is 31.0 Å². The fourth-order valence-corrected chi connectivity index (χ4v) is 2.14. The fraction of sp³-hybridized carbons (Fsp3) is 1.00. The topological polar surface area (TPSA) is 55.5 Å². The Balaban J connectivity index is 2.28. The van der Waals surface area contributed by atoms with Gasteiger partial charge in [-0.25, -0.2) is 0 Å². The lowest BCUT2D eigenvalue weighted by Gasteiger charge is -2.23. The highest BCUT2D eigenvalue weighted by atomic mass is 16.5. The first-order valence-electron chi connectivity index (χ1n) is 5.81. The van der Waals surface area contributed by atoms with Crippen molar-refractivity contribution >= 4 is 0 Å². The Bertz CT molecular complexity index is 141. The SMILES string of the molecule is NCC1CCCCCC1OCCCO. The highest BCUT2D eigenvalue weighted by Crippen LogP contribution is 2.25. The molecule has 0 saturated heterocycles. The lowest BCUT2D eigenvalue weighted by atomic mass is 9.97. The molecule has 1 rings (SSSR count). The first-order chi connectivity index (χ1) is 6.88. The third kappa shape index (κ3) is 3.95. The summed E-state index contributed by atoms with van der Waals surface area (Å²) >= 11 is 0. The van der Waals surface area contributed by atoms with Gasteiger partial charge in [-0.3, -0.25) is 0 Å². The van der Waals surface area contributed by atoms with E-state index in [1.54, 1.807) is 0 Å². The Morgan fingerprint density at radius 2 is 2.00 bits per heavy atom. The minimum absolute atomic E-state index is 0.222. The molecule has 3 N–H and O–H groups in total. The summed E-state index contributed by atoms with van der Waals surface area (Å²) in [7, 11) is 0. The quantitative estimate of drug-likeness (QED) is 0.520. The Hall–Kier alpha value is -0.120. The van der Waals surface area contributed by atoms with Crippen LogP contribution in [0.4, 0.5) is 0 Å². The molecule has 0 radical (unpaired) electrons. The van der Waals surface area contributed by atoms with E-state index in [0.717, 1.165) is 19.4 Å². The molecule has 0 aromatic heterocycles. The highest BCUT2D eigenvalue weighted by Gasteiger charge is 2.22. The van der Waals surface area contributed by atoms with Crippen molar-refractivity contribution in [2.24, 2.45) is 11.7 Å². The third-order valence-electron chi connectivity index (χ3n) is 3.03. The number of ether oxygens (including phenoxy) is 1. The lowest BCUT2D eigenvalue weighted by molar-refractivity contribution is 0.00441. The molecule has 0 aromatic carbocycles. The van der Waals surface area contributed by atoms with Gasteiger partial charge in [0.25, 0.3) is 0 Å². The molecule has 14 heavy (non-hydrogen) atoms. The molecule has 84 valence electrons. The number of aliphatic hydroxyl groups is 1. The van der Waals surface area contributed by atoms with E-state index >= 15 is 0 Å². The molecule has 1 aliphatic carbocycles. The minimum atomic E-state index is 0.222. The normalized spacial score (nSPS) is 28.7. The van der Waals surface area contributed by atoms with Crippen LogP contribution in [0.5, 0.6) is 0 Å². The van der Waals surface area contributed by atoms with Crippen LogP contribution in [-0.2, 0) is 4.74 Å². The van der Waals surface area contributed by atoms with E-state index in [1.165, 1.54) is 25.7 Å². The van der Waals surface area contributed by atoms with Crippen LogP contribution in [0.15, 0.2) is 0 Å². The summed E-state index contributed by atoms with van der Waals surface area (Å²) in [6.45, 7) is 1.64. The number of aliphatic hydroxyl groups excluding tert-OH is 1. The van der Waals surface area contributed by atoms with E-state index in [4.69, 9.17) is 15.6 Å². The largest absolute Gasteiger partial charge is 0.396 e. The van der Waals surface area contributed by atoms with Gasteiger partial charge in [0.05, 0.1) is 6.10 Å². The second kappa shape index (κ2) is 7.21. The van der Waals surface area contributed by atoms with Crippen molar-refractivity contribution in [3.05, 3.63) is 0 Å². The van der Waals surface area contributed by atoms with Gasteiger partial charge < -0.3 is 15.6 Å². The maximum Gasteiger partial charge on any atom is 0.0615 e. The van der Waals surface area contributed by atoms with Crippen molar-refractivity contribution in [1.82, 2.24) is 0 Å². The van der Waals surface area contributed by atoms with Gasteiger partial charge >= 0.3 is 0 Å². The van der Waals surface area contributed by atoms with E-state index in [1.807, 2.05) is 0 Å². The van der Waals surface area contributed by atoms with E-state index in [-0.39, 0.29) is 6.61 Å². The molecular weight excluding hydrogens is 178 g/mol. The first-order valence-corrected chi connectivity index (χ1v) is 5.81. The van der Waals surface area contributed by atoms with Gasteiger partial charge in [0.15, 0.2) is 0 Å². The van der Waals surface area contributed by atoms with Crippen LogP contribution >= 0.6 is 0 Å². The van der Waals surface area contributed by atoms with E-state index in [2.05, 4.69) is 0 Å². The molecule has 0 spiro atoms. The summed E-state index contributed by atoms with van der Waals surface area (Å²) < 4.78 is 5.77. The van der Waals surface area contributed by atoms with Gasteiger partial charge in [0.1, 0.15) is 0 Å². The minimum Gasteiger partial charge on any atom is -0.396 e. The zero-order chi connectivity index (χ0) is 10.2. The van der Waals surface area contributed by atoms with Gasteiger partial charge in [-0.15, -0.1) is 0 Å². The van der Waals surface area contributed by atoms with E-state index in [9.17, 15) is 0 Å². The van der Waals surface area contributed by atoms with Gasteiger partial charge in [0.2, 0.25) is 0 Å². The summed E-state index contributed by atoms with van der Waals surface area (Å²) in [5.41, 5.74) is 5.74. The standard InChI is InChI=1S/C11H23NO2/c12-9-10-5-2-1-3-6-11(10)14-8-4-7-13/h10-11,13H,1-9,12H2. The number of hydrogen-bond donors (Lipinski definition) is 2.